The molecule has 2 heterocycles. The summed E-state index contributed by atoms with van der Waals surface area (Å²) in [5.74, 6) is -0.563. The van der Waals surface area contributed by atoms with Crippen LogP contribution in [0.1, 0.15) is 30.9 Å². The van der Waals surface area contributed by atoms with Gasteiger partial charge in [-0.05, 0) is 37.1 Å². The fourth-order valence-corrected chi connectivity index (χ4v) is 4.86. The number of fused-ring (bicyclic) bond motifs is 1. The number of benzene rings is 2. The van der Waals surface area contributed by atoms with Crippen LogP contribution >= 0.6 is 11.8 Å². The van der Waals surface area contributed by atoms with Gasteiger partial charge in [-0.25, -0.2) is 4.79 Å². The summed E-state index contributed by atoms with van der Waals surface area (Å²) in [6, 6.07) is 22.4. The summed E-state index contributed by atoms with van der Waals surface area (Å²) < 4.78 is 5.33. The summed E-state index contributed by atoms with van der Waals surface area (Å²) in [4.78, 5) is 15.5. The van der Waals surface area contributed by atoms with Gasteiger partial charge in [0.15, 0.2) is 0 Å². The lowest BCUT2D eigenvalue weighted by molar-refractivity contribution is -0.139. The molecule has 5 heteroatoms. The first-order valence-corrected chi connectivity index (χ1v) is 11.0. The molecule has 2 aromatic carbocycles. The smallest absolute Gasteiger partial charge is 0.356 e. The first-order chi connectivity index (χ1) is 15.1. The fourth-order valence-electron chi connectivity index (χ4n) is 3.73. The number of ether oxygens (including phenoxy) is 1. The van der Waals surface area contributed by atoms with Crippen LogP contribution in [0.15, 0.2) is 99.7 Å². The van der Waals surface area contributed by atoms with Crippen molar-refractivity contribution in [3.63, 3.8) is 0 Å². The highest BCUT2D eigenvalue weighted by molar-refractivity contribution is 8.07. The van der Waals surface area contributed by atoms with Gasteiger partial charge in [0.1, 0.15) is 5.70 Å². The van der Waals surface area contributed by atoms with Crippen molar-refractivity contribution in [2.45, 2.75) is 19.8 Å². The Balaban J connectivity index is 1.84. The maximum Gasteiger partial charge on any atom is 0.356 e. The van der Waals surface area contributed by atoms with E-state index >= 15 is 0 Å². The lowest BCUT2D eigenvalue weighted by atomic mass is 9.88. The second kappa shape index (κ2) is 9.11. The highest BCUT2D eigenvalue weighted by Crippen LogP contribution is 2.51. The third kappa shape index (κ3) is 4.08. The van der Waals surface area contributed by atoms with Gasteiger partial charge in [-0.2, -0.15) is 5.26 Å². The van der Waals surface area contributed by atoms with Crippen molar-refractivity contribution in [2.24, 2.45) is 0 Å². The van der Waals surface area contributed by atoms with Gasteiger partial charge in [0.25, 0.3) is 0 Å². The number of hydrogen-bond acceptors (Lipinski definition) is 5. The van der Waals surface area contributed by atoms with Crippen molar-refractivity contribution in [1.82, 2.24) is 4.90 Å². The Bertz CT molecular complexity index is 1150. The fraction of sp³-hybridized carbons (Fsp3) is 0.154. The molecule has 31 heavy (non-hydrogen) atoms. The molecular weight excluding hydrogens is 404 g/mol. The molecule has 4 nitrogen and oxygen atoms in total. The number of nitrogens with zero attached hydrogens (tertiary/aromatic N) is 2. The number of esters is 1. The van der Waals surface area contributed by atoms with Gasteiger partial charge in [0.2, 0.25) is 0 Å². The van der Waals surface area contributed by atoms with Gasteiger partial charge in [-0.15, -0.1) is 0 Å². The molecule has 0 aliphatic carbocycles. The van der Waals surface area contributed by atoms with Crippen LogP contribution in [-0.4, -0.2) is 17.5 Å². The summed E-state index contributed by atoms with van der Waals surface area (Å²) in [6.07, 6.45) is 6.07. The minimum Gasteiger partial charge on any atom is -0.461 e. The van der Waals surface area contributed by atoms with Crippen molar-refractivity contribution in [2.75, 3.05) is 6.61 Å². The Labute approximate surface area is 186 Å². The third-order valence-corrected chi connectivity index (χ3v) is 6.24. The van der Waals surface area contributed by atoms with Gasteiger partial charge in [0.05, 0.1) is 23.3 Å². The van der Waals surface area contributed by atoms with Crippen LogP contribution in [-0.2, 0) is 9.53 Å². The standard InChI is InChI=1S/C26H22N2O2S/c1-3-30-26(29)24-18(2)31-25-23(17-27)22(20-12-8-5-9-13-20)16-21(28(24)25)15-14-19-10-6-4-7-11-19/h4-16,22H,3H2,1-2H3/b15-14+. The third-order valence-electron chi connectivity index (χ3n) is 5.14. The van der Waals surface area contributed by atoms with E-state index in [-0.39, 0.29) is 11.9 Å². The second-order valence-electron chi connectivity index (χ2n) is 7.12. The normalized spacial score (nSPS) is 18.2. The van der Waals surface area contributed by atoms with Crippen LogP contribution in [0, 0.1) is 11.3 Å². The Morgan fingerprint density at radius 2 is 1.81 bits per heavy atom. The molecular formula is C26H22N2O2S. The summed E-state index contributed by atoms with van der Waals surface area (Å²) in [5.41, 5.74) is 4.05. The molecule has 1 atom stereocenters. The molecule has 2 aliphatic heterocycles. The number of thioether (sulfide) groups is 1. The lowest BCUT2D eigenvalue weighted by Gasteiger charge is -2.31. The molecule has 1 unspecified atom stereocenters. The van der Waals surface area contributed by atoms with Crippen LogP contribution in [0.5, 0.6) is 0 Å². The van der Waals surface area contributed by atoms with E-state index in [9.17, 15) is 10.1 Å². The molecule has 0 spiro atoms. The monoisotopic (exact) mass is 426 g/mol. The summed E-state index contributed by atoms with van der Waals surface area (Å²) in [7, 11) is 0. The Morgan fingerprint density at radius 1 is 1.13 bits per heavy atom. The summed E-state index contributed by atoms with van der Waals surface area (Å²) >= 11 is 1.46. The molecule has 0 fully saturated rings. The van der Waals surface area contributed by atoms with Crippen molar-refractivity contribution < 1.29 is 9.53 Å². The molecule has 4 rings (SSSR count). The number of carbonyl (C=O) groups excluding carboxylic acids is 1. The SMILES string of the molecule is CCOC(=O)C1=C(C)SC2=C(C#N)C(c3ccccc3)C=C(/C=C/c3ccccc3)N21. The van der Waals surface area contributed by atoms with E-state index in [1.54, 1.807) is 6.92 Å². The first-order valence-electron chi connectivity index (χ1n) is 10.1. The second-order valence-corrected chi connectivity index (χ2v) is 8.32. The maximum atomic E-state index is 12.8. The minimum absolute atomic E-state index is 0.185. The Hall–Kier alpha value is -3.49. The van der Waals surface area contributed by atoms with Crippen molar-refractivity contribution in [1.29, 1.82) is 5.26 Å². The molecule has 154 valence electrons. The van der Waals surface area contributed by atoms with E-state index in [0.717, 1.165) is 26.8 Å². The maximum absolute atomic E-state index is 12.8. The zero-order valence-corrected chi connectivity index (χ0v) is 18.2. The van der Waals surface area contributed by atoms with E-state index in [4.69, 9.17) is 4.74 Å². The van der Waals surface area contributed by atoms with E-state index < -0.39 is 0 Å². The van der Waals surface area contributed by atoms with Crippen molar-refractivity contribution in [3.05, 3.63) is 111 Å². The molecule has 2 aromatic rings. The molecule has 2 aliphatic rings. The lowest BCUT2D eigenvalue weighted by Crippen LogP contribution is -2.28. The van der Waals surface area contributed by atoms with Gasteiger partial charge in [-0.1, -0.05) is 78.5 Å². The van der Waals surface area contributed by atoms with Gasteiger partial charge in [-0.3, -0.25) is 4.90 Å². The first kappa shape index (κ1) is 20.8. The van der Waals surface area contributed by atoms with E-state index in [0.29, 0.717) is 17.9 Å². The van der Waals surface area contributed by atoms with Gasteiger partial charge < -0.3 is 4.74 Å². The zero-order chi connectivity index (χ0) is 21.8. The highest BCUT2D eigenvalue weighted by atomic mass is 32.2. The van der Waals surface area contributed by atoms with Crippen molar-refractivity contribution >= 4 is 23.8 Å². The molecule has 0 saturated carbocycles. The zero-order valence-electron chi connectivity index (χ0n) is 17.4. The van der Waals surface area contributed by atoms with Crippen LogP contribution < -0.4 is 0 Å². The number of hydrogen-bond donors (Lipinski definition) is 0. The average Bonchev–Trinajstić information content (AvgIpc) is 3.15. The molecule has 0 saturated heterocycles. The van der Waals surface area contributed by atoms with E-state index in [2.05, 4.69) is 12.1 Å². The topological polar surface area (TPSA) is 53.3 Å². The highest BCUT2D eigenvalue weighted by Gasteiger charge is 2.40. The Kier molecular flexibility index (Phi) is 6.11. The van der Waals surface area contributed by atoms with Crippen molar-refractivity contribution in [3.8, 4) is 6.07 Å². The minimum atomic E-state index is -0.378. The molecule has 0 bridgehead atoms. The molecule has 0 radical (unpaired) electrons. The van der Waals surface area contributed by atoms with E-state index in [1.807, 2.05) is 84.6 Å². The molecule has 0 aromatic heterocycles. The summed E-state index contributed by atoms with van der Waals surface area (Å²) in [6.45, 7) is 3.98. The van der Waals surface area contributed by atoms with Crippen LogP contribution in [0.2, 0.25) is 0 Å². The largest absolute Gasteiger partial charge is 0.461 e. The Morgan fingerprint density at radius 3 is 2.45 bits per heavy atom. The predicted octanol–water partition coefficient (Wildman–Crippen LogP) is 5.96. The number of carbonyl (C=O) groups is 1. The van der Waals surface area contributed by atoms with E-state index in [1.165, 1.54) is 11.8 Å². The molecule has 0 N–H and O–H groups in total. The predicted molar refractivity (Wildman–Crippen MR) is 124 cm³/mol. The van der Waals surface area contributed by atoms with Gasteiger partial charge in [0, 0.05) is 16.5 Å². The molecule has 0 amide bonds. The quantitative estimate of drug-likeness (QED) is 0.552. The number of nitriles is 1. The number of rotatable bonds is 5. The van der Waals surface area contributed by atoms with Crippen LogP contribution in [0.4, 0.5) is 0 Å². The van der Waals surface area contributed by atoms with Gasteiger partial charge >= 0.3 is 5.97 Å². The number of allylic oxidation sites excluding steroid dienone is 4. The van der Waals surface area contributed by atoms with Crippen LogP contribution in [0.25, 0.3) is 6.08 Å². The summed E-state index contributed by atoms with van der Waals surface area (Å²) in [5, 5.41) is 10.8. The average molecular weight is 427 g/mol. The van der Waals surface area contributed by atoms with Crippen LogP contribution in [0.3, 0.4) is 0 Å².